The van der Waals surface area contributed by atoms with Gasteiger partial charge in [0, 0.05) is 12.1 Å². The zero-order valence-electron chi connectivity index (χ0n) is 9.80. The third kappa shape index (κ3) is 1.90. The summed E-state index contributed by atoms with van der Waals surface area (Å²) in [5, 5.41) is 9.26. The Bertz CT molecular complexity index is 436. The molecule has 0 saturated heterocycles. The number of carbonyl (C=O) groups is 1. The summed E-state index contributed by atoms with van der Waals surface area (Å²) in [7, 11) is 0. The summed E-state index contributed by atoms with van der Waals surface area (Å²) in [6, 6.07) is 8.57. The monoisotopic (exact) mass is 231 g/mol. The van der Waals surface area contributed by atoms with Crippen LogP contribution in [0.25, 0.3) is 0 Å². The highest BCUT2D eigenvalue weighted by atomic mass is 16.4. The third-order valence-corrected chi connectivity index (χ3v) is 3.82. The first-order valence-corrected chi connectivity index (χ1v) is 6.38. The lowest BCUT2D eigenvalue weighted by molar-refractivity contribution is 0.0697. The maximum atomic E-state index is 11.3. The van der Waals surface area contributed by atoms with Gasteiger partial charge >= 0.3 is 5.97 Å². The van der Waals surface area contributed by atoms with E-state index in [0.29, 0.717) is 17.6 Å². The molecule has 0 bridgehead atoms. The van der Waals surface area contributed by atoms with Crippen LogP contribution >= 0.6 is 0 Å². The Kier molecular flexibility index (Phi) is 2.54. The van der Waals surface area contributed by atoms with Crippen LogP contribution in [0, 0.1) is 0 Å². The number of rotatable bonds is 4. The first-order valence-electron chi connectivity index (χ1n) is 6.38. The first kappa shape index (κ1) is 10.6. The van der Waals surface area contributed by atoms with Gasteiger partial charge in [-0.1, -0.05) is 12.1 Å². The second-order valence-corrected chi connectivity index (χ2v) is 5.05. The zero-order chi connectivity index (χ0) is 11.8. The van der Waals surface area contributed by atoms with E-state index < -0.39 is 5.97 Å². The van der Waals surface area contributed by atoms with E-state index in [1.807, 2.05) is 12.1 Å². The summed E-state index contributed by atoms with van der Waals surface area (Å²) in [6.45, 7) is 0. The highest BCUT2D eigenvalue weighted by molar-refractivity contribution is 5.94. The van der Waals surface area contributed by atoms with Crippen LogP contribution in [0.3, 0.4) is 0 Å². The Balaban J connectivity index is 1.96. The average molecular weight is 231 g/mol. The van der Waals surface area contributed by atoms with Crippen molar-refractivity contribution in [3.63, 3.8) is 0 Å². The topological polar surface area (TPSA) is 40.5 Å². The van der Waals surface area contributed by atoms with Crippen LogP contribution in [0.5, 0.6) is 0 Å². The molecule has 0 aliphatic heterocycles. The summed E-state index contributed by atoms with van der Waals surface area (Å²) in [5.74, 6) is -0.814. The van der Waals surface area contributed by atoms with Crippen molar-refractivity contribution in [2.24, 2.45) is 0 Å². The number of aromatic carboxylic acids is 1. The fourth-order valence-electron chi connectivity index (χ4n) is 2.59. The van der Waals surface area contributed by atoms with Gasteiger partial charge in [-0.05, 0) is 44.2 Å². The Morgan fingerprint density at radius 3 is 2.29 bits per heavy atom. The van der Waals surface area contributed by atoms with E-state index in [1.54, 1.807) is 12.1 Å². The van der Waals surface area contributed by atoms with Crippen molar-refractivity contribution in [2.75, 3.05) is 4.90 Å². The first-order chi connectivity index (χ1) is 8.27. The molecule has 2 aliphatic carbocycles. The number of carboxylic acid groups (broad SMARTS) is 1. The van der Waals surface area contributed by atoms with E-state index in [0.717, 1.165) is 5.69 Å². The van der Waals surface area contributed by atoms with Gasteiger partial charge in [0.25, 0.3) is 0 Å². The van der Waals surface area contributed by atoms with Crippen LogP contribution < -0.4 is 4.90 Å². The molecule has 1 aromatic rings. The van der Waals surface area contributed by atoms with Crippen LogP contribution in [0.4, 0.5) is 5.69 Å². The SMILES string of the molecule is O=C(O)c1ccccc1N(C1CCC1)C1CC1. The van der Waals surface area contributed by atoms with Crippen molar-refractivity contribution in [3.8, 4) is 0 Å². The number of hydrogen-bond donors (Lipinski definition) is 1. The summed E-state index contributed by atoms with van der Waals surface area (Å²) < 4.78 is 0. The molecule has 1 N–H and O–H groups in total. The lowest BCUT2D eigenvalue weighted by Gasteiger charge is -2.40. The molecule has 0 spiro atoms. The lowest BCUT2D eigenvalue weighted by Crippen LogP contribution is -2.42. The smallest absolute Gasteiger partial charge is 0.337 e. The number of para-hydroxylation sites is 1. The van der Waals surface area contributed by atoms with Crippen LogP contribution in [-0.2, 0) is 0 Å². The minimum atomic E-state index is -0.814. The van der Waals surface area contributed by atoms with E-state index in [9.17, 15) is 9.90 Å². The number of benzene rings is 1. The molecule has 0 aromatic heterocycles. The maximum Gasteiger partial charge on any atom is 0.337 e. The van der Waals surface area contributed by atoms with E-state index in [1.165, 1.54) is 32.1 Å². The standard InChI is InChI=1S/C14H17NO2/c16-14(17)12-6-1-2-7-13(12)15(11-8-9-11)10-4-3-5-10/h1-2,6-7,10-11H,3-5,8-9H2,(H,16,17). The molecule has 3 heteroatoms. The molecule has 1 aromatic carbocycles. The van der Waals surface area contributed by atoms with E-state index in [2.05, 4.69) is 4.90 Å². The molecule has 2 aliphatic rings. The molecular formula is C14H17NO2. The zero-order valence-corrected chi connectivity index (χ0v) is 9.80. The number of nitrogens with zero attached hydrogens (tertiary/aromatic N) is 1. The van der Waals surface area contributed by atoms with Gasteiger partial charge in [0.15, 0.2) is 0 Å². The average Bonchev–Trinajstić information content (AvgIpc) is 3.07. The normalized spacial score (nSPS) is 19.8. The third-order valence-electron chi connectivity index (χ3n) is 3.82. The maximum absolute atomic E-state index is 11.3. The minimum Gasteiger partial charge on any atom is -0.478 e. The summed E-state index contributed by atoms with van der Waals surface area (Å²) in [6.07, 6.45) is 6.13. The molecule has 0 atom stereocenters. The van der Waals surface area contributed by atoms with Crippen molar-refractivity contribution >= 4 is 11.7 Å². The fraction of sp³-hybridized carbons (Fsp3) is 0.500. The van der Waals surface area contributed by atoms with Gasteiger partial charge in [-0.15, -0.1) is 0 Å². The Labute approximate surface area is 101 Å². The highest BCUT2D eigenvalue weighted by Crippen LogP contribution is 2.40. The molecule has 90 valence electrons. The largest absolute Gasteiger partial charge is 0.478 e. The molecule has 0 unspecified atom stereocenters. The van der Waals surface area contributed by atoms with Crippen molar-refractivity contribution < 1.29 is 9.90 Å². The van der Waals surface area contributed by atoms with Crippen molar-refractivity contribution in [1.29, 1.82) is 0 Å². The molecule has 2 saturated carbocycles. The number of anilines is 1. The van der Waals surface area contributed by atoms with E-state index in [-0.39, 0.29) is 0 Å². The number of hydrogen-bond acceptors (Lipinski definition) is 2. The summed E-state index contributed by atoms with van der Waals surface area (Å²) >= 11 is 0. The van der Waals surface area contributed by atoms with E-state index in [4.69, 9.17) is 0 Å². The van der Waals surface area contributed by atoms with Gasteiger partial charge in [0.1, 0.15) is 0 Å². The number of carboxylic acids is 1. The second-order valence-electron chi connectivity index (χ2n) is 5.05. The molecule has 3 nitrogen and oxygen atoms in total. The van der Waals surface area contributed by atoms with Gasteiger partial charge in [-0.3, -0.25) is 0 Å². The molecule has 2 fully saturated rings. The van der Waals surface area contributed by atoms with Crippen LogP contribution in [0.2, 0.25) is 0 Å². The van der Waals surface area contributed by atoms with Gasteiger partial charge in [0.2, 0.25) is 0 Å². The predicted molar refractivity (Wildman–Crippen MR) is 66.5 cm³/mol. The molecule has 3 rings (SSSR count). The quantitative estimate of drug-likeness (QED) is 0.866. The molecule has 17 heavy (non-hydrogen) atoms. The van der Waals surface area contributed by atoms with Gasteiger partial charge in [-0.25, -0.2) is 4.79 Å². The minimum absolute atomic E-state index is 0.450. The Morgan fingerprint density at radius 2 is 1.76 bits per heavy atom. The van der Waals surface area contributed by atoms with Crippen molar-refractivity contribution in [3.05, 3.63) is 29.8 Å². The van der Waals surface area contributed by atoms with E-state index >= 15 is 0 Å². The molecule has 0 amide bonds. The molecule has 0 radical (unpaired) electrons. The Morgan fingerprint density at radius 1 is 1.12 bits per heavy atom. The van der Waals surface area contributed by atoms with Crippen LogP contribution in [0.1, 0.15) is 42.5 Å². The van der Waals surface area contributed by atoms with Crippen LogP contribution in [0.15, 0.2) is 24.3 Å². The molecular weight excluding hydrogens is 214 g/mol. The van der Waals surface area contributed by atoms with Crippen molar-refractivity contribution in [2.45, 2.75) is 44.2 Å². The van der Waals surface area contributed by atoms with Crippen LogP contribution in [-0.4, -0.2) is 23.2 Å². The summed E-state index contributed by atoms with van der Waals surface area (Å²) in [4.78, 5) is 13.6. The van der Waals surface area contributed by atoms with Gasteiger partial charge in [-0.2, -0.15) is 0 Å². The lowest BCUT2D eigenvalue weighted by atomic mass is 9.90. The second kappa shape index (κ2) is 4.06. The predicted octanol–water partition coefficient (Wildman–Crippen LogP) is 2.91. The van der Waals surface area contributed by atoms with Crippen molar-refractivity contribution in [1.82, 2.24) is 0 Å². The fourth-order valence-corrected chi connectivity index (χ4v) is 2.59. The van der Waals surface area contributed by atoms with Gasteiger partial charge in [0.05, 0.1) is 11.3 Å². The molecule has 0 heterocycles. The summed E-state index contributed by atoms with van der Waals surface area (Å²) in [5.41, 5.74) is 1.37. The van der Waals surface area contributed by atoms with Gasteiger partial charge < -0.3 is 10.0 Å². The highest BCUT2D eigenvalue weighted by Gasteiger charge is 2.37. The Hall–Kier alpha value is -1.51.